The number of halogens is 1. The molecule has 31 heavy (non-hydrogen) atoms. The third kappa shape index (κ3) is 4.04. The van der Waals surface area contributed by atoms with Gasteiger partial charge in [0.25, 0.3) is 0 Å². The minimum absolute atomic E-state index is 0.347. The second-order valence-electron chi connectivity index (χ2n) is 8.26. The molecule has 1 aliphatic carbocycles. The van der Waals surface area contributed by atoms with E-state index < -0.39 is 0 Å². The van der Waals surface area contributed by atoms with Gasteiger partial charge in [0.15, 0.2) is 0 Å². The molecule has 0 amide bonds. The number of aromatic nitrogens is 5. The van der Waals surface area contributed by atoms with Gasteiger partial charge in [0.1, 0.15) is 17.9 Å². The minimum Gasteiger partial charge on any atom is -0.423 e. The molecule has 0 spiro atoms. The van der Waals surface area contributed by atoms with Gasteiger partial charge in [0.2, 0.25) is 5.95 Å². The lowest BCUT2D eigenvalue weighted by Crippen LogP contribution is -2.48. The van der Waals surface area contributed by atoms with Crippen LogP contribution in [-0.4, -0.2) is 43.9 Å². The summed E-state index contributed by atoms with van der Waals surface area (Å²) in [6, 6.07) is 10.2. The van der Waals surface area contributed by atoms with Gasteiger partial charge < -0.3 is 15.0 Å². The number of piperidine rings is 1. The summed E-state index contributed by atoms with van der Waals surface area (Å²) in [7, 11) is 0. The van der Waals surface area contributed by atoms with Crippen molar-refractivity contribution >= 4 is 23.4 Å². The number of hydrogen-bond donors (Lipinski definition) is 1. The van der Waals surface area contributed by atoms with Gasteiger partial charge in [-0.1, -0.05) is 23.7 Å². The zero-order valence-electron chi connectivity index (χ0n) is 17.7. The zero-order chi connectivity index (χ0) is 21.4. The first-order valence-electron chi connectivity index (χ1n) is 10.8. The Balaban J connectivity index is 1.31. The molecule has 1 saturated carbocycles. The van der Waals surface area contributed by atoms with Crippen LogP contribution in [0, 0.1) is 18.8 Å². The number of benzene rings is 1. The standard InChI is InChI=1S/C22H26ClN7O/c1-3-30-22(31-18-7-5-4-6-17(18)23)27-21(28-30)26-20-15-8-9-16(20)12-29(11-15)19-10-14(2)24-13-25-19/h4-7,10,13,15-16,20H,3,8-9,11-12H2,1-2H3,(H,26,28)/t15-,16+,20-. The number of anilines is 2. The van der Waals surface area contributed by atoms with Gasteiger partial charge in [-0.3, -0.25) is 0 Å². The maximum absolute atomic E-state index is 6.24. The quantitative estimate of drug-likeness (QED) is 0.617. The van der Waals surface area contributed by atoms with Crippen molar-refractivity contribution < 1.29 is 4.74 Å². The first-order chi connectivity index (χ1) is 15.1. The van der Waals surface area contributed by atoms with E-state index in [9.17, 15) is 0 Å². The highest BCUT2D eigenvalue weighted by molar-refractivity contribution is 6.32. The largest absolute Gasteiger partial charge is 0.423 e. The van der Waals surface area contributed by atoms with Crippen molar-refractivity contribution in [3.63, 3.8) is 0 Å². The lowest BCUT2D eigenvalue weighted by molar-refractivity contribution is 0.374. The van der Waals surface area contributed by atoms with Gasteiger partial charge >= 0.3 is 6.01 Å². The van der Waals surface area contributed by atoms with Gasteiger partial charge in [-0.05, 0) is 50.7 Å². The highest BCUT2D eigenvalue weighted by atomic mass is 35.5. The molecule has 9 heteroatoms. The van der Waals surface area contributed by atoms with Gasteiger partial charge in [-0.2, -0.15) is 4.98 Å². The highest BCUT2D eigenvalue weighted by Crippen LogP contribution is 2.40. The summed E-state index contributed by atoms with van der Waals surface area (Å²) in [5, 5.41) is 8.78. The molecule has 1 saturated heterocycles. The van der Waals surface area contributed by atoms with E-state index in [4.69, 9.17) is 16.3 Å². The minimum atomic E-state index is 0.347. The Hall–Kier alpha value is -2.87. The molecular formula is C22H26ClN7O. The number of rotatable bonds is 6. The van der Waals surface area contributed by atoms with Gasteiger partial charge in [-0.15, -0.1) is 5.10 Å². The highest BCUT2D eigenvalue weighted by Gasteiger charge is 2.43. The molecule has 1 N–H and O–H groups in total. The van der Waals surface area contributed by atoms with Crippen molar-refractivity contribution in [1.82, 2.24) is 24.7 Å². The van der Waals surface area contributed by atoms with Crippen molar-refractivity contribution in [3.05, 3.63) is 47.4 Å². The summed E-state index contributed by atoms with van der Waals surface area (Å²) in [5.74, 6) is 3.25. The Labute approximate surface area is 186 Å². The monoisotopic (exact) mass is 439 g/mol. The lowest BCUT2D eigenvalue weighted by atomic mass is 9.92. The molecule has 162 valence electrons. The summed E-state index contributed by atoms with van der Waals surface area (Å²) >= 11 is 6.24. The van der Waals surface area contributed by atoms with E-state index in [1.165, 1.54) is 12.8 Å². The predicted octanol–water partition coefficient (Wildman–Crippen LogP) is 4.17. The van der Waals surface area contributed by atoms with Crippen LogP contribution in [0.4, 0.5) is 11.8 Å². The summed E-state index contributed by atoms with van der Waals surface area (Å²) < 4.78 is 7.71. The molecule has 2 aromatic heterocycles. The Kier molecular flexibility index (Phi) is 5.40. The molecule has 5 rings (SSSR count). The number of nitrogens with one attached hydrogen (secondary N) is 1. The van der Waals surface area contributed by atoms with Crippen molar-refractivity contribution in [3.8, 4) is 11.8 Å². The molecule has 2 fully saturated rings. The number of nitrogens with zero attached hydrogens (tertiary/aromatic N) is 6. The normalized spacial score (nSPS) is 22.5. The van der Waals surface area contributed by atoms with E-state index in [0.29, 0.717) is 47.2 Å². The molecule has 1 aromatic carbocycles. The van der Waals surface area contributed by atoms with E-state index in [1.54, 1.807) is 17.1 Å². The molecule has 0 unspecified atom stereocenters. The van der Waals surface area contributed by atoms with Crippen LogP contribution in [0.25, 0.3) is 0 Å². The molecule has 0 radical (unpaired) electrons. The van der Waals surface area contributed by atoms with Crippen LogP contribution in [-0.2, 0) is 6.54 Å². The van der Waals surface area contributed by atoms with Crippen LogP contribution in [0.2, 0.25) is 5.02 Å². The molecule has 2 bridgehead atoms. The molecular weight excluding hydrogens is 414 g/mol. The number of para-hydroxylation sites is 1. The molecule has 8 nitrogen and oxygen atoms in total. The fourth-order valence-electron chi connectivity index (χ4n) is 4.70. The van der Waals surface area contributed by atoms with Crippen LogP contribution in [0.3, 0.4) is 0 Å². The van der Waals surface area contributed by atoms with Crippen LogP contribution in [0.1, 0.15) is 25.5 Å². The van der Waals surface area contributed by atoms with E-state index in [0.717, 1.165) is 24.6 Å². The fourth-order valence-corrected chi connectivity index (χ4v) is 4.88. The van der Waals surface area contributed by atoms with E-state index >= 15 is 0 Å². The first-order valence-corrected chi connectivity index (χ1v) is 11.2. The van der Waals surface area contributed by atoms with Crippen LogP contribution in [0.5, 0.6) is 11.8 Å². The average Bonchev–Trinajstić information content (AvgIpc) is 3.25. The van der Waals surface area contributed by atoms with Gasteiger partial charge in [-0.25, -0.2) is 14.6 Å². The van der Waals surface area contributed by atoms with Crippen molar-refractivity contribution in [2.75, 3.05) is 23.3 Å². The maximum atomic E-state index is 6.24. The Morgan fingerprint density at radius 2 is 1.94 bits per heavy atom. The number of fused-ring (bicyclic) bond motifs is 2. The summed E-state index contributed by atoms with van der Waals surface area (Å²) in [5.41, 5.74) is 0.998. The summed E-state index contributed by atoms with van der Waals surface area (Å²) in [6.07, 6.45) is 4.04. The topological polar surface area (TPSA) is 81.0 Å². The summed E-state index contributed by atoms with van der Waals surface area (Å²) in [6.45, 7) is 6.63. The Bertz CT molecular complexity index is 1060. The molecule has 3 aromatic rings. The van der Waals surface area contributed by atoms with E-state index in [2.05, 4.69) is 36.3 Å². The van der Waals surface area contributed by atoms with Crippen molar-refractivity contribution in [2.45, 2.75) is 39.3 Å². The lowest BCUT2D eigenvalue weighted by Gasteiger charge is -2.38. The second-order valence-corrected chi connectivity index (χ2v) is 8.66. The van der Waals surface area contributed by atoms with E-state index in [-0.39, 0.29) is 0 Å². The Morgan fingerprint density at radius 3 is 2.65 bits per heavy atom. The number of aryl methyl sites for hydroxylation is 2. The number of hydrogen-bond acceptors (Lipinski definition) is 7. The SMILES string of the molecule is CCn1nc(N[C@@H]2[C@@H]3CC[C@H]2CN(c2cc(C)ncn2)C3)nc1Oc1ccccc1Cl. The van der Waals surface area contributed by atoms with E-state index in [1.807, 2.05) is 32.0 Å². The smallest absolute Gasteiger partial charge is 0.322 e. The molecule has 3 atom stereocenters. The first kappa shape index (κ1) is 20.1. The second kappa shape index (κ2) is 8.34. The molecule has 1 aliphatic heterocycles. The molecule has 3 heterocycles. The van der Waals surface area contributed by atoms with Gasteiger partial charge in [0, 0.05) is 37.4 Å². The van der Waals surface area contributed by atoms with Gasteiger partial charge in [0.05, 0.1) is 5.02 Å². The van der Waals surface area contributed by atoms with Crippen LogP contribution in [0.15, 0.2) is 36.7 Å². The predicted molar refractivity (Wildman–Crippen MR) is 120 cm³/mol. The average molecular weight is 440 g/mol. The zero-order valence-corrected chi connectivity index (χ0v) is 18.5. The third-order valence-corrected chi connectivity index (χ3v) is 6.53. The summed E-state index contributed by atoms with van der Waals surface area (Å²) in [4.78, 5) is 15.7. The van der Waals surface area contributed by atoms with Crippen LogP contribution >= 0.6 is 11.6 Å². The molecule has 2 aliphatic rings. The fraction of sp³-hybridized carbons (Fsp3) is 0.455. The number of ether oxygens (including phenoxy) is 1. The Morgan fingerprint density at radius 1 is 1.16 bits per heavy atom. The van der Waals surface area contributed by atoms with Crippen molar-refractivity contribution in [2.24, 2.45) is 11.8 Å². The van der Waals surface area contributed by atoms with Crippen LogP contribution < -0.4 is 15.0 Å². The van der Waals surface area contributed by atoms with Crippen molar-refractivity contribution in [1.29, 1.82) is 0 Å². The maximum Gasteiger partial charge on any atom is 0.322 e. The third-order valence-electron chi connectivity index (χ3n) is 6.22.